The first-order chi connectivity index (χ1) is 33.7. The van der Waals surface area contributed by atoms with Gasteiger partial charge in [0.15, 0.2) is 0 Å². The molecule has 0 atom stereocenters. The van der Waals surface area contributed by atoms with Crippen LogP contribution in [0.15, 0.2) is 286 Å². The zero-order chi connectivity index (χ0) is 46.1. The Labute approximate surface area is 401 Å². The standard InChI is InChI=1S/C66H52N2/c1-3-61(53-37-45-59(46-38-53)67(55-25-13-7-14-26-55)57-41-33-51(34-42-57)49-21-9-5-10-22-49)62(4-2)64-30-19-20-32-66(64)65-31-18-17-29-63(65)54-39-47-60(48-40-54)68(56-27-15-8-16-28-56)58-43-35-52(36-44-58)50-23-11-6-12-24-50/h3-35,37-43,45-48H,1-2,36,44H2/b62-61-. The monoisotopic (exact) mass is 872 g/mol. The summed E-state index contributed by atoms with van der Waals surface area (Å²) in [6.07, 6.45) is 10.5. The summed E-state index contributed by atoms with van der Waals surface area (Å²) in [5.41, 5.74) is 20.6. The number of benzene rings is 9. The van der Waals surface area contributed by atoms with Gasteiger partial charge in [-0.3, -0.25) is 0 Å². The minimum atomic E-state index is 0.947. The lowest BCUT2D eigenvalue weighted by Crippen LogP contribution is -2.17. The molecule has 0 unspecified atom stereocenters. The average Bonchev–Trinajstić information content (AvgIpc) is 3.42. The van der Waals surface area contributed by atoms with Crippen molar-refractivity contribution in [3.05, 3.63) is 303 Å². The second-order valence-electron chi connectivity index (χ2n) is 16.9. The van der Waals surface area contributed by atoms with Gasteiger partial charge in [0.2, 0.25) is 0 Å². The first-order valence-electron chi connectivity index (χ1n) is 23.4. The topological polar surface area (TPSA) is 6.48 Å². The van der Waals surface area contributed by atoms with Gasteiger partial charge in [-0.1, -0.05) is 213 Å². The van der Waals surface area contributed by atoms with Crippen molar-refractivity contribution in [3.63, 3.8) is 0 Å². The summed E-state index contributed by atoms with van der Waals surface area (Å²) >= 11 is 0. The molecular formula is C66H52N2. The molecule has 0 aromatic heterocycles. The van der Waals surface area contributed by atoms with Crippen LogP contribution in [0.1, 0.15) is 29.5 Å². The SMILES string of the molecule is C=C/C(=C(\C=C)c1ccccc1-c1ccccc1-c1ccc(N(C2=CC=C(c3ccccc3)CC2)c2ccccc2)cc1)c1ccc(N(c2ccccc2)c2ccc(-c3ccccc3)cc2)cc1. The first-order valence-corrected chi connectivity index (χ1v) is 23.4. The minimum absolute atomic E-state index is 0.947. The van der Waals surface area contributed by atoms with E-state index >= 15 is 0 Å². The van der Waals surface area contributed by atoms with Crippen LogP contribution in [0.3, 0.4) is 0 Å². The number of rotatable bonds is 14. The number of para-hydroxylation sites is 2. The highest BCUT2D eigenvalue weighted by Crippen LogP contribution is 2.42. The first kappa shape index (κ1) is 43.2. The molecule has 0 heterocycles. The van der Waals surface area contributed by atoms with E-state index in [1.54, 1.807) is 0 Å². The van der Waals surface area contributed by atoms with Crippen molar-refractivity contribution in [1.29, 1.82) is 0 Å². The predicted octanol–water partition coefficient (Wildman–Crippen LogP) is 18.3. The van der Waals surface area contributed by atoms with E-state index in [4.69, 9.17) is 0 Å². The Morgan fingerprint density at radius 1 is 0.324 bits per heavy atom. The Morgan fingerprint density at radius 2 is 0.750 bits per heavy atom. The molecule has 1 aliphatic rings. The summed E-state index contributed by atoms with van der Waals surface area (Å²) in [5.74, 6) is 0. The van der Waals surface area contributed by atoms with E-state index in [1.807, 2.05) is 12.2 Å². The van der Waals surface area contributed by atoms with E-state index in [1.165, 1.54) is 28.0 Å². The molecule has 68 heavy (non-hydrogen) atoms. The lowest BCUT2D eigenvalue weighted by molar-refractivity contribution is 0.930. The van der Waals surface area contributed by atoms with Gasteiger partial charge in [0.1, 0.15) is 0 Å². The Morgan fingerprint density at radius 3 is 1.31 bits per heavy atom. The molecule has 10 rings (SSSR count). The van der Waals surface area contributed by atoms with Crippen LogP contribution in [0.25, 0.3) is 50.1 Å². The Hall–Kier alpha value is -8.72. The third kappa shape index (κ3) is 9.09. The maximum atomic E-state index is 4.38. The zero-order valence-corrected chi connectivity index (χ0v) is 38.1. The van der Waals surface area contributed by atoms with Crippen LogP contribution >= 0.6 is 0 Å². The second-order valence-corrected chi connectivity index (χ2v) is 16.9. The fraction of sp³-hybridized carbons (Fsp3) is 0.0303. The Balaban J connectivity index is 0.974. The average molecular weight is 873 g/mol. The molecule has 0 amide bonds. The van der Waals surface area contributed by atoms with E-state index in [-0.39, 0.29) is 0 Å². The van der Waals surface area contributed by atoms with Crippen molar-refractivity contribution < 1.29 is 0 Å². The van der Waals surface area contributed by atoms with Crippen molar-refractivity contribution >= 4 is 45.2 Å². The quantitative estimate of drug-likeness (QED) is 0.0793. The molecule has 9 aromatic carbocycles. The van der Waals surface area contributed by atoms with E-state index < -0.39 is 0 Å². The highest BCUT2D eigenvalue weighted by Gasteiger charge is 2.20. The molecule has 0 spiro atoms. The molecule has 0 saturated carbocycles. The van der Waals surface area contributed by atoms with Crippen LogP contribution in [-0.4, -0.2) is 0 Å². The third-order valence-electron chi connectivity index (χ3n) is 12.8. The smallest absolute Gasteiger partial charge is 0.0462 e. The Bertz CT molecular complexity index is 3250. The van der Waals surface area contributed by atoms with Crippen molar-refractivity contribution in [3.8, 4) is 33.4 Å². The highest BCUT2D eigenvalue weighted by molar-refractivity contribution is 6.04. The number of hydrogen-bond donors (Lipinski definition) is 0. The van der Waals surface area contributed by atoms with E-state index in [0.717, 1.165) is 85.8 Å². The van der Waals surface area contributed by atoms with Crippen LogP contribution in [0, 0.1) is 0 Å². The fourth-order valence-corrected chi connectivity index (χ4v) is 9.47. The van der Waals surface area contributed by atoms with Gasteiger partial charge in [-0.2, -0.15) is 0 Å². The van der Waals surface area contributed by atoms with Crippen LogP contribution in [-0.2, 0) is 0 Å². The van der Waals surface area contributed by atoms with Gasteiger partial charge in [-0.15, -0.1) is 0 Å². The van der Waals surface area contributed by atoms with Crippen LogP contribution < -0.4 is 9.80 Å². The highest BCUT2D eigenvalue weighted by atomic mass is 15.2. The van der Waals surface area contributed by atoms with E-state index in [2.05, 4.69) is 278 Å². The summed E-state index contributed by atoms with van der Waals surface area (Å²) in [6.45, 7) is 8.74. The van der Waals surface area contributed by atoms with Gasteiger partial charge in [-0.25, -0.2) is 0 Å². The van der Waals surface area contributed by atoms with Gasteiger partial charge in [-0.05, 0) is 146 Å². The van der Waals surface area contributed by atoms with E-state index in [0.29, 0.717) is 0 Å². The largest absolute Gasteiger partial charge is 0.314 e. The number of anilines is 5. The van der Waals surface area contributed by atoms with Crippen LogP contribution in [0.2, 0.25) is 0 Å². The number of hydrogen-bond acceptors (Lipinski definition) is 2. The number of nitrogens with zero attached hydrogens (tertiary/aromatic N) is 2. The summed E-state index contributed by atoms with van der Waals surface area (Å²) < 4.78 is 0. The van der Waals surface area contributed by atoms with Crippen LogP contribution in [0.5, 0.6) is 0 Å². The van der Waals surface area contributed by atoms with Crippen molar-refractivity contribution in [2.45, 2.75) is 12.8 Å². The molecule has 0 aliphatic heterocycles. The molecule has 2 heteroatoms. The second kappa shape index (κ2) is 20.2. The maximum Gasteiger partial charge on any atom is 0.0462 e. The van der Waals surface area contributed by atoms with Gasteiger partial charge in [0, 0.05) is 34.1 Å². The summed E-state index contributed by atoms with van der Waals surface area (Å²) in [4.78, 5) is 4.70. The lowest BCUT2D eigenvalue weighted by atomic mass is 9.86. The molecule has 0 saturated heterocycles. The molecule has 0 fully saturated rings. The normalized spacial score (nSPS) is 12.5. The van der Waals surface area contributed by atoms with E-state index in [9.17, 15) is 0 Å². The lowest BCUT2D eigenvalue weighted by Gasteiger charge is -2.30. The van der Waals surface area contributed by atoms with Crippen molar-refractivity contribution in [2.24, 2.45) is 0 Å². The molecule has 0 bridgehead atoms. The zero-order valence-electron chi connectivity index (χ0n) is 38.1. The van der Waals surface area contributed by atoms with Crippen molar-refractivity contribution in [1.82, 2.24) is 0 Å². The molecule has 2 nitrogen and oxygen atoms in total. The summed E-state index contributed by atoms with van der Waals surface area (Å²) in [7, 11) is 0. The van der Waals surface area contributed by atoms with Gasteiger partial charge in [0.05, 0.1) is 0 Å². The van der Waals surface area contributed by atoms with Gasteiger partial charge < -0.3 is 9.80 Å². The predicted molar refractivity (Wildman–Crippen MR) is 291 cm³/mol. The maximum absolute atomic E-state index is 4.38. The molecule has 0 N–H and O–H groups in total. The molecule has 9 aromatic rings. The number of allylic oxidation sites excluding steroid dienone is 8. The summed E-state index contributed by atoms with van der Waals surface area (Å²) in [6, 6.07) is 86.5. The summed E-state index contributed by atoms with van der Waals surface area (Å²) in [5, 5.41) is 0. The fourth-order valence-electron chi connectivity index (χ4n) is 9.47. The van der Waals surface area contributed by atoms with Gasteiger partial charge in [0.25, 0.3) is 0 Å². The minimum Gasteiger partial charge on any atom is -0.314 e. The third-order valence-corrected chi connectivity index (χ3v) is 12.8. The molecule has 326 valence electrons. The molecular weight excluding hydrogens is 821 g/mol. The van der Waals surface area contributed by atoms with Gasteiger partial charge >= 0.3 is 0 Å². The molecule has 1 aliphatic carbocycles. The van der Waals surface area contributed by atoms with Crippen molar-refractivity contribution in [2.75, 3.05) is 9.80 Å². The van der Waals surface area contributed by atoms with Crippen LogP contribution in [0.4, 0.5) is 28.4 Å². The molecule has 0 radical (unpaired) electrons. The Kier molecular flexibility index (Phi) is 12.8.